The van der Waals surface area contributed by atoms with Gasteiger partial charge in [-0.1, -0.05) is 34.1 Å². The van der Waals surface area contributed by atoms with Crippen molar-refractivity contribution in [1.82, 2.24) is 9.13 Å². The van der Waals surface area contributed by atoms with Crippen molar-refractivity contribution in [2.45, 2.75) is 20.0 Å². The van der Waals surface area contributed by atoms with Gasteiger partial charge >= 0.3 is 5.69 Å². The van der Waals surface area contributed by atoms with Gasteiger partial charge in [0.05, 0.1) is 17.6 Å². The van der Waals surface area contributed by atoms with Gasteiger partial charge in [-0.05, 0) is 31.2 Å². The highest BCUT2D eigenvalue weighted by Crippen LogP contribution is 2.18. The molecule has 0 fully saturated rings. The van der Waals surface area contributed by atoms with E-state index >= 15 is 0 Å². The van der Waals surface area contributed by atoms with E-state index in [4.69, 9.17) is 0 Å². The van der Waals surface area contributed by atoms with Crippen LogP contribution in [0.25, 0.3) is 11.0 Å². The number of hydrogen-bond acceptors (Lipinski definition) is 1. The summed E-state index contributed by atoms with van der Waals surface area (Å²) in [5, 5.41) is 0. The zero-order chi connectivity index (χ0) is 15.0. The normalized spacial score (nSPS) is 11.2. The van der Waals surface area contributed by atoms with E-state index in [2.05, 4.69) is 15.9 Å². The van der Waals surface area contributed by atoms with E-state index in [0.29, 0.717) is 16.6 Å². The maximum absolute atomic E-state index is 14.0. The van der Waals surface area contributed by atoms with Crippen LogP contribution in [0.15, 0.2) is 51.7 Å². The van der Waals surface area contributed by atoms with Gasteiger partial charge in [0.15, 0.2) is 0 Å². The van der Waals surface area contributed by atoms with Crippen LogP contribution in [0.5, 0.6) is 0 Å². The Morgan fingerprint density at radius 1 is 1.10 bits per heavy atom. The van der Waals surface area contributed by atoms with Crippen molar-refractivity contribution in [3.8, 4) is 0 Å². The van der Waals surface area contributed by atoms with Gasteiger partial charge in [0, 0.05) is 16.6 Å². The lowest BCUT2D eigenvalue weighted by Gasteiger charge is -2.05. The molecule has 3 rings (SSSR count). The highest BCUT2D eigenvalue weighted by molar-refractivity contribution is 9.10. The van der Waals surface area contributed by atoms with Gasteiger partial charge in [0.25, 0.3) is 0 Å². The number of hydrogen-bond donors (Lipinski definition) is 0. The Labute approximate surface area is 129 Å². The van der Waals surface area contributed by atoms with Crippen LogP contribution in [0.3, 0.4) is 0 Å². The predicted octanol–water partition coefficient (Wildman–Crippen LogP) is 3.77. The molecule has 21 heavy (non-hydrogen) atoms. The molecular weight excluding hydrogens is 335 g/mol. The number of aryl methyl sites for hydroxylation is 1. The molecule has 0 bridgehead atoms. The lowest BCUT2D eigenvalue weighted by atomic mass is 10.2. The lowest BCUT2D eigenvalue weighted by Crippen LogP contribution is -2.24. The van der Waals surface area contributed by atoms with E-state index in [1.807, 2.05) is 31.2 Å². The van der Waals surface area contributed by atoms with Crippen molar-refractivity contribution >= 4 is 27.0 Å². The molecule has 0 spiro atoms. The smallest absolute Gasteiger partial charge is 0.292 e. The zero-order valence-corrected chi connectivity index (χ0v) is 13.1. The van der Waals surface area contributed by atoms with Gasteiger partial charge in [-0.15, -0.1) is 0 Å². The summed E-state index contributed by atoms with van der Waals surface area (Å²) in [4.78, 5) is 12.5. The first-order valence-corrected chi connectivity index (χ1v) is 7.53. The van der Waals surface area contributed by atoms with Crippen molar-refractivity contribution in [2.75, 3.05) is 0 Å². The highest BCUT2D eigenvalue weighted by atomic mass is 79.9. The molecular formula is C16H14BrFN2O. The number of halogens is 2. The average molecular weight is 349 g/mol. The number of rotatable bonds is 3. The van der Waals surface area contributed by atoms with E-state index in [0.717, 1.165) is 11.0 Å². The number of fused-ring (bicyclic) bond motifs is 1. The number of aromatic nitrogens is 2. The predicted molar refractivity (Wildman–Crippen MR) is 85.1 cm³/mol. The fourth-order valence-corrected chi connectivity index (χ4v) is 2.88. The summed E-state index contributed by atoms with van der Waals surface area (Å²) in [6, 6.07) is 12.5. The van der Waals surface area contributed by atoms with Crippen molar-refractivity contribution in [1.29, 1.82) is 0 Å². The summed E-state index contributed by atoms with van der Waals surface area (Å²) in [6.07, 6.45) is 0. The molecule has 0 aliphatic heterocycles. The average Bonchev–Trinajstić information content (AvgIpc) is 2.74. The van der Waals surface area contributed by atoms with Crippen molar-refractivity contribution in [3.05, 3.63) is 68.8 Å². The maximum atomic E-state index is 14.0. The van der Waals surface area contributed by atoms with Crippen molar-refractivity contribution in [2.24, 2.45) is 0 Å². The second-order valence-electron chi connectivity index (χ2n) is 4.84. The Hall–Kier alpha value is -1.88. The zero-order valence-electron chi connectivity index (χ0n) is 11.5. The van der Waals surface area contributed by atoms with Crippen LogP contribution >= 0.6 is 15.9 Å². The summed E-state index contributed by atoms with van der Waals surface area (Å²) >= 11 is 3.24. The van der Waals surface area contributed by atoms with E-state index in [1.54, 1.807) is 21.3 Å². The standard InChI is InChI=1S/C16H14BrFN2O/c1-2-19-14-5-3-4-6-15(14)20(16(19)21)10-11-7-8-12(17)9-13(11)18/h3-9H,2,10H2,1H3. The van der Waals surface area contributed by atoms with E-state index < -0.39 is 0 Å². The molecule has 108 valence electrons. The molecule has 1 heterocycles. The summed E-state index contributed by atoms with van der Waals surface area (Å²) < 4.78 is 18.0. The Morgan fingerprint density at radius 2 is 1.76 bits per heavy atom. The number of para-hydroxylation sites is 2. The third kappa shape index (κ3) is 2.42. The van der Waals surface area contributed by atoms with Crippen molar-refractivity contribution < 1.29 is 4.39 Å². The third-order valence-electron chi connectivity index (χ3n) is 3.58. The minimum Gasteiger partial charge on any atom is -0.292 e. The molecule has 0 atom stereocenters. The fraction of sp³-hybridized carbons (Fsp3) is 0.188. The molecule has 5 heteroatoms. The van der Waals surface area contributed by atoms with Crippen molar-refractivity contribution in [3.63, 3.8) is 0 Å². The highest BCUT2D eigenvalue weighted by Gasteiger charge is 2.13. The minimum absolute atomic E-state index is 0.110. The number of benzene rings is 2. The second-order valence-corrected chi connectivity index (χ2v) is 5.75. The Kier molecular flexibility index (Phi) is 3.68. The van der Waals surface area contributed by atoms with Gasteiger partial charge < -0.3 is 0 Å². The van der Waals surface area contributed by atoms with E-state index in [9.17, 15) is 9.18 Å². The van der Waals surface area contributed by atoms with Gasteiger partial charge in [-0.25, -0.2) is 9.18 Å². The summed E-state index contributed by atoms with van der Waals surface area (Å²) in [7, 11) is 0. The molecule has 0 N–H and O–H groups in total. The Morgan fingerprint density at radius 3 is 2.38 bits per heavy atom. The Balaban J connectivity index is 2.17. The van der Waals surface area contributed by atoms with Gasteiger partial charge in [-0.2, -0.15) is 0 Å². The molecule has 3 aromatic rings. The van der Waals surface area contributed by atoms with Gasteiger partial charge in [0.2, 0.25) is 0 Å². The van der Waals surface area contributed by atoms with Gasteiger partial charge in [0.1, 0.15) is 5.82 Å². The van der Waals surface area contributed by atoms with Crippen LogP contribution in [0.1, 0.15) is 12.5 Å². The fourth-order valence-electron chi connectivity index (χ4n) is 2.55. The molecule has 0 unspecified atom stereocenters. The van der Waals surface area contributed by atoms with E-state index in [-0.39, 0.29) is 18.1 Å². The monoisotopic (exact) mass is 348 g/mol. The number of nitrogens with zero attached hydrogens (tertiary/aromatic N) is 2. The molecule has 2 aromatic carbocycles. The quantitative estimate of drug-likeness (QED) is 0.707. The molecule has 0 saturated carbocycles. The van der Waals surface area contributed by atoms with Gasteiger partial charge in [-0.3, -0.25) is 9.13 Å². The summed E-state index contributed by atoms with van der Waals surface area (Å²) in [5.74, 6) is -0.315. The first-order chi connectivity index (χ1) is 10.1. The lowest BCUT2D eigenvalue weighted by molar-refractivity contribution is 0.593. The molecule has 0 aliphatic carbocycles. The van der Waals surface area contributed by atoms with Crippen LogP contribution in [-0.2, 0) is 13.1 Å². The molecule has 0 saturated heterocycles. The van der Waals surface area contributed by atoms with Crippen LogP contribution in [0, 0.1) is 5.82 Å². The summed E-state index contributed by atoms with van der Waals surface area (Å²) in [5.41, 5.74) is 2.09. The molecule has 1 aromatic heterocycles. The van der Waals surface area contributed by atoms with Crippen LogP contribution in [0.4, 0.5) is 4.39 Å². The topological polar surface area (TPSA) is 26.9 Å². The van der Waals surface area contributed by atoms with E-state index in [1.165, 1.54) is 6.07 Å². The summed E-state index contributed by atoms with van der Waals surface area (Å²) in [6.45, 7) is 2.75. The van der Waals surface area contributed by atoms with Crippen LogP contribution < -0.4 is 5.69 Å². The largest absolute Gasteiger partial charge is 0.329 e. The first kappa shape index (κ1) is 14.1. The maximum Gasteiger partial charge on any atom is 0.329 e. The Bertz CT molecular complexity index is 866. The first-order valence-electron chi connectivity index (χ1n) is 6.74. The second kappa shape index (κ2) is 5.48. The SMILES string of the molecule is CCn1c(=O)n(Cc2ccc(Br)cc2F)c2ccccc21. The molecule has 0 radical (unpaired) electrons. The van der Waals surface area contributed by atoms with Crippen LogP contribution in [0.2, 0.25) is 0 Å². The van der Waals surface area contributed by atoms with Crippen LogP contribution in [-0.4, -0.2) is 9.13 Å². The molecule has 0 aliphatic rings. The minimum atomic E-state index is -0.315. The molecule has 0 amide bonds. The third-order valence-corrected chi connectivity index (χ3v) is 4.08. The number of imidazole rings is 1. The molecule has 3 nitrogen and oxygen atoms in total.